The number of carbonyl (C=O) groups is 1. The Kier molecular flexibility index (Phi) is 6.42. The van der Waals surface area contributed by atoms with Crippen molar-refractivity contribution in [1.29, 1.82) is 0 Å². The number of oxazole rings is 1. The van der Waals surface area contributed by atoms with Crippen molar-refractivity contribution in [2.75, 3.05) is 26.7 Å². The molecule has 35 heavy (non-hydrogen) atoms. The molecule has 1 amide bonds. The summed E-state index contributed by atoms with van der Waals surface area (Å²) in [4.78, 5) is 30.0. The maximum Gasteiger partial charge on any atom is 0.420 e. The number of likely N-dealkylation sites (N-methyl/N-ethyl adjacent to an activating group) is 1. The van der Waals surface area contributed by atoms with Gasteiger partial charge in [-0.05, 0) is 54.8 Å². The second-order valence-electron chi connectivity index (χ2n) is 9.12. The van der Waals surface area contributed by atoms with Crippen LogP contribution in [-0.4, -0.2) is 52.1 Å². The second kappa shape index (κ2) is 9.80. The van der Waals surface area contributed by atoms with E-state index < -0.39 is 5.76 Å². The highest BCUT2D eigenvalue weighted by atomic mass is 16.4. The molecule has 7 nitrogen and oxygen atoms in total. The van der Waals surface area contributed by atoms with E-state index in [0.717, 1.165) is 49.2 Å². The first-order valence-electron chi connectivity index (χ1n) is 12.0. The monoisotopic (exact) mass is 471 g/mol. The van der Waals surface area contributed by atoms with Gasteiger partial charge in [0, 0.05) is 19.7 Å². The second-order valence-corrected chi connectivity index (χ2v) is 9.12. The van der Waals surface area contributed by atoms with E-state index in [1.807, 2.05) is 18.2 Å². The van der Waals surface area contributed by atoms with Gasteiger partial charge in [-0.1, -0.05) is 54.6 Å². The number of benzene rings is 3. The third-order valence-electron chi connectivity index (χ3n) is 6.84. The maximum atomic E-state index is 13.4. The van der Waals surface area contributed by atoms with Gasteiger partial charge in [0.15, 0.2) is 5.58 Å². The number of carbonyl (C=O) groups excluding carboxylic acids is 1. The van der Waals surface area contributed by atoms with Crippen molar-refractivity contribution in [2.24, 2.45) is 0 Å². The molecule has 1 N–H and O–H groups in total. The number of aromatic hydroxyl groups is 1. The standard InChI is InChI=1S/C28H29N3O4/c1-29(27(33)19-31-24-17-23(32)13-14-26(24)35-28(31)34)25(18-30-15-5-6-16-30)22-11-9-21(10-12-22)20-7-3-2-4-8-20/h2-4,7-14,17,25,32H,5-6,15-16,18-19H2,1H3. The molecule has 1 saturated heterocycles. The lowest BCUT2D eigenvalue weighted by molar-refractivity contribution is -0.133. The lowest BCUT2D eigenvalue weighted by Gasteiger charge is -2.32. The maximum absolute atomic E-state index is 13.4. The van der Waals surface area contributed by atoms with Gasteiger partial charge in [0.1, 0.15) is 12.3 Å². The van der Waals surface area contributed by atoms with Crippen LogP contribution < -0.4 is 5.76 Å². The molecule has 1 aromatic heterocycles. The van der Waals surface area contributed by atoms with Gasteiger partial charge < -0.3 is 19.3 Å². The number of likely N-dealkylation sites (tertiary alicyclic amines) is 1. The number of aromatic nitrogens is 1. The lowest BCUT2D eigenvalue weighted by Crippen LogP contribution is -2.40. The molecule has 0 radical (unpaired) electrons. The Balaban J connectivity index is 1.41. The minimum atomic E-state index is -0.615. The first-order valence-corrected chi connectivity index (χ1v) is 12.0. The number of hydrogen-bond donors (Lipinski definition) is 1. The Hall–Kier alpha value is -3.84. The highest BCUT2D eigenvalue weighted by Gasteiger charge is 2.27. The lowest BCUT2D eigenvalue weighted by atomic mass is 9.99. The van der Waals surface area contributed by atoms with Crippen LogP contribution in [0.4, 0.5) is 0 Å². The molecule has 0 aliphatic carbocycles. The summed E-state index contributed by atoms with van der Waals surface area (Å²) >= 11 is 0. The van der Waals surface area contributed by atoms with Crippen molar-refractivity contribution in [1.82, 2.24) is 14.4 Å². The summed E-state index contributed by atoms with van der Waals surface area (Å²) < 4.78 is 6.54. The molecule has 5 rings (SSSR count). The van der Waals surface area contributed by atoms with Crippen molar-refractivity contribution >= 4 is 17.0 Å². The van der Waals surface area contributed by atoms with Gasteiger partial charge in [0.25, 0.3) is 0 Å². The van der Waals surface area contributed by atoms with Crippen molar-refractivity contribution < 1.29 is 14.3 Å². The molecule has 2 heterocycles. The smallest absolute Gasteiger partial charge is 0.420 e. The Labute approximate surface area is 203 Å². The molecule has 7 heteroatoms. The number of rotatable bonds is 7. The van der Waals surface area contributed by atoms with Crippen LogP contribution in [0.5, 0.6) is 5.75 Å². The predicted molar refractivity (Wildman–Crippen MR) is 135 cm³/mol. The Morgan fingerprint density at radius 3 is 2.40 bits per heavy atom. The predicted octanol–water partition coefficient (Wildman–Crippen LogP) is 4.26. The zero-order chi connectivity index (χ0) is 24.4. The van der Waals surface area contributed by atoms with Gasteiger partial charge in [-0.2, -0.15) is 0 Å². The topological polar surface area (TPSA) is 78.9 Å². The molecule has 0 bridgehead atoms. The molecule has 1 atom stereocenters. The van der Waals surface area contributed by atoms with Crippen LogP contribution in [0, 0.1) is 0 Å². The number of amides is 1. The number of nitrogens with zero attached hydrogens (tertiary/aromatic N) is 3. The van der Waals surface area contributed by atoms with E-state index in [4.69, 9.17) is 4.42 Å². The van der Waals surface area contributed by atoms with Crippen LogP contribution in [0.2, 0.25) is 0 Å². The van der Waals surface area contributed by atoms with Crippen molar-refractivity contribution in [2.45, 2.75) is 25.4 Å². The molecular formula is C28H29N3O4. The fraction of sp³-hybridized carbons (Fsp3) is 0.286. The van der Waals surface area contributed by atoms with Gasteiger partial charge in [0.2, 0.25) is 5.91 Å². The number of phenols is 1. The van der Waals surface area contributed by atoms with Gasteiger partial charge in [-0.25, -0.2) is 4.79 Å². The number of hydrogen-bond acceptors (Lipinski definition) is 5. The average Bonchev–Trinajstić information content (AvgIpc) is 3.50. The highest BCUT2D eigenvalue weighted by molar-refractivity contribution is 5.80. The zero-order valence-electron chi connectivity index (χ0n) is 19.8. The van der Waals surface area contributed by atoms with E-state index in [1.165, 1.54) is 22.8 Å². The molecule has 1 unspecified atom stereocenters. The van der Waals surface area contributed by atoms with Crippen molar-refractivity contribution in [3.63, 3.8) is 0 Å². The van der Waals surface area contributed by atoms with Crippen LogP contribution in [0.1, 0.15) is 24.4 Å². The summed E-state index contributed by atoms with van der Waals surface area (Å²) in [5.74, 6) is -0.802. The largest absolute Gasteiger partial charge is 0.508 e. The molecule has 180 valence electrons. The molecule has 1 aliphatic rings. The zero-order valence-corrected chi connectivity index (χ0v) is 19.8. The van der Waals surface area contributed by atoms with Crippen molar-refractivity contribution in [3.05, 3.63) is 88.9 Å². The van der Waals surface area contributed by atoms with Gasteiger partial charge in [0.05, 0.1) is 11.6 Å². The SMILES string of the molecule is CN(C(=O)Cn1c(=O)oc2ccc(O)cc21)C(CN1CCCC1)c1ccc(-c2ccccc2)cc1. The summed E-state index contributed by atoms with van der Waals surface area (Å²) in [6, 6.07) is 22.8. The van der Waals surface area contributed by atoms with Gasteiger partial charge in [-0.3, -0.25) is 9.36 Å². The van der Waals surface area contributed by atoms with Gasteiger partial charge in [-0.15, -0.1) is 0 Å². The summed E-state index contributed by atoms with van der Waals surface area (Å²) in [6.45, 7) is 2.61. The minimum Gasteiger partial charge on any atom is -0.508 e. The fourth-order valence-corrected chi connectivity index (χ4v) is 4.81. The summed E-state index contributed by atoms with van der Waals surface area (Å²) in [5.41, 5.74) is 4.07. The first-order chi connectivity index (χ1) is 17.0. The van der Waals surface area contributed by atoms with E-state index in [2.05, 4.69) is 41.3 Å². The summed E-state index contributed by atoms with van der Waals surface area (Å²) in [5, 5.41) is 9.85. The Morgan fingerprint density at radius 1 is 1.00 bits per heavy atom. The van der Waals surface area contributed by atoms with Crippen molar-refractivity contribution in [3.8, 4) is 16.9 Å². The molecule has 3 aromatic carbocycles. The minimum absolute atomic E-state index is 0.0123. The van der Waals surface area contributed by atoms with Crippen LogP contribution in [0.3, 0.4) is 0 Å². The van der Waals surface area contributed by atoms with E-state index in [0.29, 0.717) is 11.1 Å². The first kappa shape index (κ1) is 22.9. The highest BCUT2D eigenvalue weighted by Crippen LogP contribution is 2.27. The van der Waals surface area contributed by atoms with Crippen LogP contribution in [-0.2, 0) is 11.3 Å². The third-order valence-corrected chi connectivity index (χ3v) is 6.84. The molecule has 1 aliphatic heterocycles. The molecule has 0 saturated carbocycles. The average molecular weight is 472 g/mol. The quantitative estimate of drug-likeness (QED) is 0.436. The summed E-state index contributed by atoms with van der Waals surface area (Å²) in [7, 11) is 1.79. The van der Waals surface area contributed by atoms with E-state index in [-0.39, 0.29) is 24.2 Å². The fourth-order valence-electron chi connectivity index (χ4n) is 4.81. The number of fused-ring (bicyclic) bond motifs is 1. The Bertz CT molecular complexity index is 1370. The third kappa shape index (κ3) is 4.86. The summed E-state index contributed by atoms with van der Waals surface area (Å²) in [6.07, 6.45) is 2.33. The van der Waals surface area contributed by atoms with Gasteiger partial charge >= 0.3 is 5.76 Å². The molecule has 1 fully saturated rings. The molecular weight excluding hydrogens is 442 g/mol. The Morgan fingerprint density at radius 2 is 1.69 bits per heavy atom. The van der Waals surface area contributed by atoms with Crippen LogP contribution >= 0.6 is 0 Å². The molecule has 4 aromatic rings. The normalized spacial score (nSPS) is 14.9. The van der Waals surface area contributed by atoms with E-state index >= 15 is 0 Å². The van der Waals surface area contributed by atoms with Crippen LogP contribution in [0.25, 0.3) is 22.2 Å². The van der Waals surface area contributed by atoms with E-state index in [9.17, 15) is 14.7 Å². The van der Waals surface area contributed by atoms with Crippen LogP contribution in [0.15, 0.2) is 82.0 Å². The molecule has 0 spiro atoms. The van der Waals surface area contributed by atoms with E-state index in [1.54, 1.807) is 11.9 Å². The number of phenolic OH excluding ortho intramolecular Hbond substituents is 1.